The molecule has 0 amide bonds. The quantitative estimate of drug-likeness (QED) is 0.887. The third-order valence-corrected chi connectivity index (χ3v) is 4.10. The van der Waals surface area contributed by atoms with Gasteiger partial charge in [-0.15, -0.1) is 11.3 Å². The maximum atomic E-state index is 5.33. The first-order chi connectivity index (χ1) is 9.63. The Labute approximate surface area is 123 Å². The SMILES string of the molecule is COc1ccc(C(C)NCc2nc(C)cs2)cc1OC. The zero-order chi connectivity index (χ0) is 14.5. The lowest BCUT2D eigenvalue weighted by atomic mass is 10.1. The van der Waals surface area contributed by atoms with Crippen molar-refractivity contribution < 1.29 is 9.47 Å². The van der Waals surface area contributed by atoms with Crippen LogP contribution in [0.15, 0.2) is 23.6 Å². The van der Waals surface area contributed by atoms with Crippen LogP contribution >= 0.6 is 11.3 Å². The topological polar surface area (TPSA) is 43.4 Å². The summed E-state index contributed by atoms with van der Waals surface area (Å²) in [7, 11) is 3.29. The second kappa shape index (κ2) is 6.72. The Morgan fingerprint density at radius 1 is 1.25 bits per heavy atom. The van der Waals surface area contributed by atoms with E-state index in [1.54, 1.807) is 25.6 Å². The second-order valence-corrected chi connectivity index (χ2v) is 5.54. The first-order valence-corrected chi connectivity index (χ1v) is 7.38. The van der Waals surface area contributed by atoms with Gasteiger partial charge < -0.3 is 14.8 Å². The molecule has 0 fully saturated rings. The largest absolute Gasteiger partial charge is 0.493 e. The molecule has 0 radical (unpaired) electrons. The molecule has 108 valence electrons. The lowest BCUT2D eigenvalue weighted by Gasteiger charge is -2.15. The van der Waals surface area contributed by atoms with Crippen LogP contribution in [-0.2, 0) is 6.54 Å². The third-order valence-electron chi connectivity index (χ3n) is 3.13. The van der Waals surface area contributed by atoms with Gasteiger partial charge in [-0.3, -0.25) is 0 Å². The minimum absolute atomic E-state index is 0.221. The van der Waals surface area contributed by atoms with Crippen molar-refractivity contribution in [2.45, 2.75) is 26.4 Å². The zero-order valence-electron chi connectivity index (χ0n) is 12.3. The van der Waals surface area contributed by atoms with Gasteiger partial charge in [0.15, 0.2) is 11.5 Å². The second-order valence-electron chi connectivity index (χ2n) is 4.60. The molecule has 2 rings (SSSR count). The molecule has 0 saturated heterocycles. The van der Waals surface area contributed by atoms with Gasteiger partial charge in [0.05, 0.1) is 14.2 Å². The lowest BCUT2D eigenvalue weighted by molar-refractivity contribution is 0.354. The van der Waals surface area contributed by atoms with Crippen molar-refractivity contribution in [2.75, 3.05) is 14.2 Å². The summed E-state index contributed by atoms with van der Waals surface area (Å²) >= 11 is 1.68. The standard InChI is InChI=1S/C15H20N2O2S/c1-10-9-20-15(17-10)8-16-11(2)12-5-6-13(18-3)14(7-12)19-4/h5-7,9,11,16H,8H2,1-4H3. The van der Waals surface area contributed by atoms with Crippen molar-refractivity contribution in [1.29, 1.82) is 0 Å². The van der Waals surface area contributed by atoms with Gasteiger partial charge in [0.1, 0.15) is 5.01 Å². The van der Waals surface area contributed by atoms with E-state index in [1.165, 1.54) is 0 Å². The summed E-state index contributed by atoms with van der Waals surface area (Å²) in [4.78, 5) is 4.45. The molecular weight excluding hydrogens is 272 g/mol. The molecule has 0 aliphatic carbocycles. The Morgan fingerprint density at radius 2 is 2.00 bits per heavy atom. The van der Waals surface area contributed by atoms with Gasteiger partial charge in [0, 0.05) is 23.7 Å². The van der Waals surface area contributed by atoms with E-state index in [2.05, 4.69) is 22.6 Å². The van der Waals surface area contributed by atoms with Crippen molar-refractivity contribution in [2.24, 2.45) is 0 Å². The van der Waals surface area contributed by atoms with Crippen molar-refractivity contribution in [3.05, 3.63) is 39.8 Å². The number of methoxy groups -OCH3 is 2. The van der Waals surface area contributed by atoms with Crippen molar-refractivity contribution >= 4 is 11.3 Å². The van der Waals surface area contributed by atoms with Crippen molar-refractivity contribution in [3.8, 4) is 11.5 Å². The first-order valence-electron chi connectivity index (χ1n) is 6.50. The summed E-state index contributed by atoms with van der Waals surface area (Å²) in [5.41, 5.74) is 2.24. The molecule has 0 aliphatic rings. The maximum Gasteiger partial charge on any atom is 0.161 e. The van der Waals surface area contributed by atoms with Gasteiger partial charge in [-0.1, -0.05) is 6.07 Å². The van der Waals surface area contributed by atoms with Crippen LogP contribution in [0.25, 0.3) is 0 Å². The molecule has 1 aromatic heterocycles. The number of ether oxygens (including phenoxy) is 2. The Hall–Kier alpha value is -1.59. The Balaban J connectivity index is 2.03. The van der Waals surface area contributed by atoms with Crippen LogP contribution in [0.1, 0.15) is 29.2 Å². The number of aromatic nitrogens is 1. The van der Waals surface area contributed by atoms with Crippen LogP contribution in [0.4, 0.5) is 0 Å². The fraction of sp³-hybridized carbons (Fsp3) is 0.400. The number of rotatable bonds is 6. The molecule has 1 heterocycles. The predicted molar refractivity (Wildman–Crippen MR) is 81.7 cm³/mol. The highest BCUT2D eigenvalue weighted by molar-refractivity contribution is 7.09. The van der Waals surface area contributed by atoms with E-state index in [0.29, 0.717) is 0 Å². The molecule has 0 saturated carbocycles. The van der Waals surface area contributed by atoms with Crippen LogP contribution in [0, 0.1) is 6.92 Å². The van der Waals surface area contributed by atoms with Gasteiger partial charge in [-0.25, -0.2) is 4.98 Å². The number of hydrogen-bond acceptors (Lipinski definition) is 5. The number of benzene rings is 1. The van der Waals surface area contributed by atoms with Gasteiger partial charge in [-0.05, 0) is 31.5 Å². The summed E-state index contributed by atoms with van der Waals surface area (Å²) in [5.74, 6) is 1.50. The summed E-state index contributed by atoms with van der Waals surface area (Å²) in [6.45, 7) is 4.91. The minimum Gasteiger partial charge on any atom is -0.493 e. The van der Waals surface area contributed by atoms with Gasteiger partial charge in [0.25, 0.3) is 0 Å². The van der Waals surface area contributed by atoms with E-state index in [-0.39, 0.29) is 6.04 Å². The van der Waals surface area contributed by atoms with Gasteiger partial charge in [-0.2, -0.15) is 0 Å². The monoisotopic (exact) mass is 292 g/mol. The molecule has 20 heavy (non-hydrogen) atoms. The average molecular weight is 292 g/mol. The lowest BCUT2D eigenvalue weighted by Crippen LogP contribution is -2.18. The van der Waals surface area contributed by atoms with Crippen LogP contribution < -0.4 is 14.8 Å². The molecule has 0 aliphatic heterocycles. The third kappa shape index (κ3) is 3.49. The van der Waals surface area contributed by atoms with Crippen LogP contribution in [0.5, 0.6) is 11.5 Å². The van der Waals surface area contributed by atoms with Gasteiger partial charge in [0.2, 0.25) is 0 Å². The zero-order valence-corrected chi connectivity index (χ0v) is 13.1. The van der Waals surface area contributed by atoms with E-state index in [0.717, 1.165) is 34.3 Å². The highest BCUT2D eigenvalue weighted by atomic mass is 32.1. The molecular formula is C15H20N2O2S. The summed E-state index contributed by atoms with van der Waals surface area (Å²) in [6.07, 6.45) is 0. The van der Waals surface area contributed by atoms with E-state index < -0.39 is 0 Å². The van der Waals surface area contributed by atoms with E-state index >= 15 is 0 Å². The highest BCUT2D eigenvalue weighted by Crippen LogP contribution is 2.29. The number of nitrogens with one attached hydrogen (secondary N) is 1. The molecule has 1 atom stereocenters. The maximum absolute atomic E-state index is 5.33. The number of thiazole rings is 1. The Morgan fingerprint density at radius 3 is 2.60 bits per heavy atom. The van der Waals surface area contributed by atoms with E-state index in [1.807, 2.05) is 25.1 Å². The van der Waals surface area contributed by atoms with Crippen LogP contribution in [-0.4, -0.2) is 19.2 Å². The Bertz CT molecular complexity index is 569. The molecule has 4 nitrogen and oxygen atoms in total. The van der Waals surface area contributed by atoms with Gasteiger partial charge >= 0.3 is 0 Å². The number of nitrogens with zero attached hydrogens (tertiary/aromatic N) is 1. The fourth-order valence-corrected chi connectivity index (χ4v) is 2.69. The smallest absolute Gasteiger partial charge is 0.161 e. The molecule has 1 unspecified atom stereocenters. The molecule has 0 spiro atoms. The number of aryl methyl sites for hydroxylation is 1. The van der Waals surface area contributed by atoms with Crippen molar-refractivity contribution in [3.63, 3.8) is 0 Å². The molecule has 1 aromatic carbocycles. The Kier molecular flexibility index (Phi) is 4.98. The first kappa shape index (κ1) is 14.8. The normalized spacial score (nSPS) is 12.2. The van der Waals surface area contributed by atoms with Crippen LogP contribution in [0.3, 0.4) is 0 Å². The predicted octanol–water partition coefficient (Wildman–Crippen LogP) is 3.32. The molecule has 2 aromatic rings. The summed E-state index contributed by atoms with van der Waals surface area (Å²) in [5, 5.41) is 6.64. The van der Waals surface area contributed by atoms with E-state index in [9.17, 15) is 0 Å². The summed E-state index contributed by atoms with van der Waals surface area (Å²) in [6, 6.07) is 6.20. The molecule has 0 bridgehead atoms. The molecule has 5 heteroatoms. The van der Waals surface area contributed by atoms with E-state index in [4.69, 9.17) is 9.47 Å². The number of hydrogen-bond donors (Lipinski definition) is 1. The minimum atomic E-state index is 0.221. The van der Waals surface area contributed by atoms with Crippen LogP contribution in [0.2, 0.25) is 0 Å². The fourth-order valence-electron chi connectivity index (χ4n) is 1.96. The van der Waals surface area contributed by atoms with Crippen molar-refractivity contribution in [1.82, 2.24) is 10.3 Å². The average Bonchev–Trinajstić information content (AvgIpc) is 2.89. The highest BCUT2D eigenvalue weighted by Gasteiger charge is 2.10. The summed E-state index contributed by atoms with van der Waals surface area (Å²) < 4.78 is 10.6. The molecule has 1 N–H and O–H groups in total.